The largest absolute Gasteiger partial charge is 0.406 e. The first kappa shape index (κ1) is 25.4. The number of rotatable bonds is 4. The molecule has 186 valence electrons. The van der Waals surface area contributed by atoms with E-state index in [1.54, 1.807) is 18.0 Å². The molecule has 1 fully saturated rings. The molecule has 2 heterocycles. The van der Waals surface area contributed by atoms with Crippen molar-refractivity contribution >= 4 is 45.6 Å². The minimum Gasteiger partial charge on any atom is -0.337 e. The fourth-order valence-corrected chi connectivity index (χ4v) is 4.09. The molecule has 11 heteroatoms. The Labute approximate surface area is 209 Å². The molecule has 1 amide bonds. The summed E-state index contributed by atoms with van der Waals surface area (Å²) in [5.74, 6) is 3.97. The van der Waals surface area contributed by atoms with Gasteiger partial charge in [-0.25, -0.2) is 14.4 Å². The summed E-state index contributed by atoms with van der Waals surface area (Å²) in [6.45, 7) is 3.41. The molecule has 6 nitrogen and oxygen atoms in total. The van der Waals surface area contributed by atoms with Gasteiger partial charge >= 0.3 is 6.18 Å². The summed E-state index contributed by atoms with van der Waals surface area (Å²) >= 11 is 5.86. The van der Waals surface area contributed by atoms with Crippen LogP contribution in [0.2, 0.25) is 5.02 Å². The molecule has 0 spiro atoms. The lowest BCUT2D eigenvalue weighted by Gasteiger charge is -2.26. The van der Waals surface area contributed by atoms with Crippen LogP contribution in [0.5, 0.6) is 0 Å². The Bertz CT molecular complexity index is 1420. The second-order valence-electron chi connectivity index (χ2n) is 8.37. The number of aromatic nitrogens is 2. The Kier molecular flexibility index (Phi) is 6.89. The summed E-state index contributed by atoms with van der Waals surface area (Å²) in [7, 11) is 1.61. The lowest BCUT2D eigenvalue weighted by Crippen LogP contribution is -2.39. The number of amides is 1. The van der Waals surface area contributed by atoms with Crippen LogP contribution < -0.4 is 10.6 Å². The lowest BCUT2D eigenvalue weighted by molar-refractivity contribution is -0.197. The summed E-state index contributed by atoms with van der Waals surface area (Å²) in [6, 6.07) is 7.32. The predicted octanol–water partition coefficient (Wildman–Crippen LogP) is 5.53. The molecule has 36 heavy (non-hydrogen) atoms. The van der Waals surface area contributed by atoms with Crippen LogP contribution in [-0.2, 0) is 4.79 Å². The summed E-state index contributed by atoms with van der Waals surface area (Å²) < 4.78 is 56.3. The molecule has 0 aliphatic carbocycles. The number of halogens is 5. The number of fused-ring (bicyclic) bond motifs is 1. The van der Waals surface area contributed by atoms with Crippen LogP contribution in [0.15, 0.2) is 49.3 Å². The highest BCUT2D eigenvalue weighted by Gasteiger charge is 2.56. The SMILES string of the molecule is C=CC(=O)Nc1cc2c(Nc3cccc(Cl)c3F)ncnc2cc1C#CC1(C(F)(F)F)CCN(C)C1. The maximum absolute atomic E-state index is 14.4. The van der Waals surface area contributed by atoms with Crippen molar-refractivity contribution in [3.63, 3.8) is 0 Å². The second kappa shape index (κ2) is 9.76. The Hall–Kier alpha value is -3.68. The highest BCUT2D eigenvalue weighted by Crippen LogP contribution is 2.44. The molecular formula is C25H20ClF4N5O. The summed E-state index contributed by atoms with van der Waals surface area (Å²) in [5, 5.41) is 5.69. The first-order valence-electron chi connectivity index (χ1n) is 10.7. The van der Waals surface area contributed by atoms with E-state index in [1.807, 2.05) is 0 Å². The minimum absolute atomic E-state index is 0.0560. The van der Waals surface area contributed by atoms with Gasteiger partial charge in [-0.15, -0.1) is 0 Å². The van der Waals surface area contributed by atoms with E-state index in [1.165, 1.54) is 30.6 Å². The van der Waals surface area contributed by atoms with Gasteiger partial charge in [0.15, 0.2) is 5.82 Å². The summed E-state index contributed by atoms with van der Waals surface area (Å²) in [6.07, 6.45) is -2.46. The van der Waals surface area contributed by atoms with Gasteiger partial charge in [0.05, 0.1) is 27.5 Å². The number of alkyl halides is 3. The smallest absolute Gasteiger partial charge is 0.337 e. The van der Waals surface area contributed by atoms with Gasteiger partial charge < -0.3 is 15.5 Å². The van der Waals surface area contributed by atoms with E-state index in [4.69, 9.17) is 11.6 Å². The van der Waals surface area contributed by atoms with Gasteiger partial charge in [-0.2, -0.15) is 13.2 Å². The van der Waals surface area contributed by atoms with E-state index >= 15 is 0 Å². The molecule has 4 rings (SSSR count). The molecule has 2 aromatic carbocycles. The Balaban J connectivity index is 1.84. The topological polar surface area (TPSA) is 70.1 Å². The molecule has 3 aromatic rings. The molecule has 1 aliphatic rings. The normalized spacial score (nSPS) is 17.9. The van der Waals surface area contributed by atoms with Crippen LogP contribution in [0.3, 0.4) is 0 Å². The minimum atomic E-state index is -4.54. The first-order valence-corrected chi connectivity index (χ1v) is 11.1. The second-order valence-corrected chi connectivity index (χ2v) is 8.78. The van der Waals surface area contributed by atoms with Crippen molar-refractivity contribution < 1.29 is 22.4 Å². The first-order chi connectivity index (χ1) is 17.0. The van der Waals surface area contributed by atoms with Crippen molar-refractivity contribution in [1.29, 1.82) is 0 Å². The average molecular weight is 518 g/mol. The van der Waals surface area contributed by atoms with Crippen molar-refractivity contribution in [1.82, 2.24) is 14.9 Å². The number of hydrogen-bond acceptors (Lipinski definition) is 5. The van der Waals surface area contributed by atoms with Gasteiger partial charge in [0.2, 0.25) is 5.91 Å². The van der Waals surface area contributed by atoms with Gasteiger partial charge in [0.25, 0.3) is 0 Å². The number of anilines is 3. The van der Waals surface area contributed by atoms with Gasteiger partial charge in [0, 0.05) is 11.9 Å². The molecule has 0 radical (unpaired) electrons. The highest BCUT2D eigenvalue weighted by molar-refractivity contribution is 6.31. The highest BCUT2D eigenvalue weighted by atomic mass is 35.5. The number of nitrogens with one attached hydrogen (secondary N) is 2. The standard InChI is InChI=1S/C25H20ClF4N5O/c1-3-21(36)33-19-12-16-20(31-14-32-23(16)34-18-6-4-5-17(26)22(18)27)11-15(19)7-8-24(25(28,29)30)9-10-35(2)13-24/h3-6,11-12,14H,1,9-10,13H2,2H3,(H,33,36)(H,31,32,34). The Morgan fingerprint density at radius 2 is 2.06 bits per heavy atom. The van der Waals surface area contributed by atoms with Crippen molar-refractivity contribution in [3.05, 3.63) is 65.7 Å². The maximum atomic E-state index is 14.4. The van der Waals surface area contributed by atoms with Crippen LogP contribution in [0.4, 0.5) is 34.8 Å². The quantitative estimate of drug-likeness (QED) is 0.271. The molecule has 1 atom stereocenters. The third-order valence-electron chi connectivity index (χ3n) is 5.86. The number of nitrogens with zero attached hydrogens (tertiary/aromatic N) is 3. The monoisotopic (exact) mass is 517 g/mol. The van der Waals surface area contributed by atoms with E-state index in [-0.39, 0.29) is 47.3 Å². The summed E-state index contributed by atoms with van der Waals surface area (Å²) in [4.78, 5) is 22.0. The van der Waals surface area contributed by atoms with E-state index in [9.17, 15) is 22.4 Å². The van der Waals surface area contributed by atoms with Gasteiger partial charge in [-0.3, -0.25) is 4.79 Å². The van der Waals surface area contributed by atoms with Gasteiger partial charge in [-0.05, 0) is 50.4 Å². The zero-order chi connectivity index (χ0) is 26.1. The Morgan fingerprint density at radius 3 is 2.72 bits per heavy atom. The van der Waals surface area contributed by atoms with Crippen molar-refractivity contribution in [3.8, 4) is 11.8 Å². The molecule has 1 aliphatic heterocycles. The molecule has 0 saturated carbocycles. The maximum Gasteiger partial charge on any atom is 0.406 e. The van der Waals surface area contributed by atoms with Gasteiger partial charge in [0.1, 0.15) is 17.6 Å². The fraction of sp³-hybridized carbons (Fsp3) is 0.240. The van der Waals surface area contributed by atoms with Crippen LogP contribution in [0.25, 0.3) is 10.9 Å². The van der Waals surface area contributed by atoms with E-state index in [0.717, 1.165) is 6.08 Å². The van der Waals surface area contributed by atoms with E-state index < -0.39 is 23.3 Å². The molecule has 2 N–H and O–H groups in total. The third kappa shape index (κ3) is 4.98. The number of carbonyl (C=O) groups excluding carboxylic acids is 1. The average Bonchev–Trinajstić information content (AvgIpc) is 3.23. The van der Waals surface area contributed by atoms with Crippen LogP contribution in [0, 0.1) is 23.1 Å². The van der Waals surface area contributed by atoms with E-state index in [0.29, 0.717) is 10.9 Å². The lowest BCUT2D eigenvalue weighted by atomic mass is 9.86. The Morgan fingerprint density at radius 1 is 1.28 bits per heavy atom. The van der Waals surface area contributed by atoms with Gasteiger partial charge in [-0.1, -0.05) is 36.1 Å². The third-order valence-corrected chi connectivity index (χ3v) is 6.15. The zero-order valence-electron chi connectivity index (χ0n) is 19.0. The number of benzene rings is 2. The van der Waals surface area contributed by atoms with Crippen LogP contribution in [0.1, 0.15) is 12.0 Å². The fourth-order valence-electron chi connectivity index (χ4n) is 3.91. The molecule has 1 saturated heterocycles. The zero-order valence-corrected chi connectivity index (χ0v) is 19.8. The molecular weight excluding hydrogens is 498 g/mol. The number of carbonyl (C=O) groups is 1. The van der Waals surface area contributed by atoms with Crippen LogP contribution >= 0.6 is 11.6 Å². The van der Waals surface area contributed by atoms with Crippen molar-refractivity contribution in [2.24, 2.45) is 5.41 Å². The predicted molar refractivity (Wildman–Crippen MR) is 131 cm³/mol. The molecule has 1 unspecified atom stereocenters. The molecule has 1 aromatic heterocycles. The summed E-state index contributed by atoms with van der Waals surface area (Å²) in [5.41, 5.74) is -1.55. The van der Waals surface area contributed by atoms with Crippen LogP contribution in [-0.4, -0.2) is 47.1 Å². The molecule has 0 bridgehead atoms. The number of hydrogen-bond donors (Lipinski definition) is 2. The van der Waals surface area contributed by atoms with E-state index in [2.05, 4.69) is 39.0 Å². The van der Waals surface area contributed by atoms with Crippen molar-refractivity contribution in [2.45, 2.75) is 12.6 Å². The van der Waals surface area contributed by atoms with Crippen molar-refractivity contribution in [2.75, 3.05) is 30.8 Å². The number of likely N-dealkylation sites (tertiary alicyclic amines) is 1.